The standard InChI is InChI=1S/C13H22N2O2/c1-14-12-5-6-15(11-8-17-9-11)7-10(12)3-2-4-13(14)16/h10-12H,2-9H2,1H3/t10-,12-/m1/s1. The van der Waals surface area contributed by atoms with E-state index in [0.717, 1.165) is 45.6 Å². The van der Waals surface area contributed by atoms with E-state index in [2.05, 4.69) is 4.90 Å². The Balaban J connectivity index is 1.67. The number of amides is 1. The zero-order valence-corrected chi connectivity index (χ0v) is 10.6. The summed E-state index contributed by atoms with van der Waals surface area (Å²) in [4.78, 5) is 16.4. The summed E-state index contributed by atoms with van der Waals surface area (Å²) in [6, 6.07) is 1.14. The van der Waals surface area contributed by atoms with E-state index >= 15 is 0 Å². The summed E-state index contributed by atoms with van der Waals surface area (Å²) in [5, 5.41) is 0. The van der Waals surface area contributed by atoms with Gasteiger partial charge in [-0.1, -0.05) is 0 Å². The molecule has 0 bridgehead atoms. The van der Waals surface area contributed by atoms with Crippen LogP contribution in [0.25, 0.3) is 0 Å². The van der Waals surface area contributed by atoms with Gasteiger partial charge in [-0.3, -0.25) is 9.69 Å². The van der Waals surface area contributed by atoms with Crippen molar-refractivity contribution in [2.45, 2.75) is 37.8 Å². The first-order valence-corrected chi connectivity index (χ1v) is 6.83. The van der Waals surface area contributed by atoms with Crippen LogP contribution in [-0.2, 0) is 9.53 Å². The number of hydrogen-bond acceptors (Lipinski definition) is 3. The molecular weight excluding hydrogens is 216 g/mol. The molecule has 3 rings (SSSR count). The number of hydrogen-bond donors (Lipinski definition) is 0. The summed E-state index contributed by atoms with van der Waals surface area (Å²) >= 11 is 0. The molecule has 0 unspecified atom stereocenters. The Morgan fingerprint density at radius 3 is 2.82 bits per heavy atom. The van der Waals surface area contributed by atoms with E-state index in [1.165, 1.54) is 6.42 Å². The van der Waals surface area contributed by atoms with Crippen LogP contribution in [0.3, 0.4) is 0 Å². The second-order valence-electron chi connectivity index (χ2n) is 5.70. The predicted octanol–water partition coefficient (Wildman–Crippen LogP) is 0.718. The molecule has 4 heteroatoms. The summed E-state index contributed by atoms with van der Waals surface area (Å²) in [5.74, 6) is 1.03. The van der Waals surface area contributed by atoms with Gasteiger partial charge in [-0.2, -0.15) is 0 Å². The molecule has 96 valence electrons. The maximum Gasteiger partial charge on any atom is 0.222 e. The number of piperidine rings is 1. The van der Waals surface area contributed by atoms with Gasteiger partial charge in [0.2, 0.25) is 5.91 Å². The minimum absolute atomic E-state index is 0.345. The molecule has 3 saturated heterocycles. The lowest BCUT2D eigenvalue weighted by Crippen LogP contribution is -2.57. The van der Waals surface area contributed by atoms with Crippen molar-refractivity contribution in [3.05, 3.63) is 0 Å². The number of carbonyl (C=O) groups excluding carboxylic acids is 1. The highest BCUT2D eigenvalue weighted by Gasteiger charge is 2.38. The molecule has 0 saturated carbocycles. The molecule has 3 heterocycles. The second-order valence-corrected chi connectivity index (χ2v) is 5.70. The van der Waals surface area contributed by atoms with Crippen molar-refractivity contribution in [2.75, 3.05) is 33.4 Å². The molecule has 3 aliphatic heterocycles. The second kappa shape index (κ2) is 4.58. The van der Waals surface area contributed by atoms with Crippen molar-refractivity contribution in [3.63, 3.8) is 0 Å². The van der Waals surface area contributed by atoms with Crippen LogP contribution in [0, 0.1) is 5.92 Å². The van der Waals surface area contributed by atoms with Crippen LogP contribution in [0.2, 0.25) is 0 Å². The first-order chi connectivity index (χ1) is 8.25. The van der Waals surface area contributed by atoms with Gasteiger partial charge in [0.25, 0.3) is 0 Å². The summed E-state index contributed by atoms with van der Waals surface area (Å²) < 4.78 is 5.28. The molecular formula is C13H22N2O2. The fraction of sp³-hybridized carbons (Fsp3) is 0.923. The van der Waals surface area contributed by atoms with E-state index in [4.69, 9.17) is 4.74 Å². The van der Waals surface area contributed by atoms with Gasteiger partial charge in [0.1, 0.15) is 0 Å². The summed E-state index contributed by atoms with van der Waals surface area (Å²) in [6.07, 6.45) is 4.17. The quantitative estimate of drug-likeness (QED) is 0.675. The fourth-order valence-electron chi connectivity index (χ4n) is 3.48. The van der Waals surface area contributed by atoms with Gasteiger partial charge in [0.15, 0.2) is 0 Å². The zero-order valence-electron chi connectivity index (χ0n) is 10.6. The molecule has 0 spiro atoms. The van der Waals surface area contributed by atoms with Crippen molar-refractivity contribution in [1.82, 2.24) is 9.80 Å². The lowest BCUT2D eigenvalue weighted by molar-refractivity contribution is -0.134. The van der Waals surface area contributed by atoms with Gasteiger partial charge in [-0.05, 0) is 25.2 Å². The van der Waals surface area contributed by atoms with Crippen LogP contribution < -0.4 is 0 Å². The number of likely N-dealkylation sites (tertiary alicyclic amines) is 2. The van der Waals surface area contributed by atoms with Crippen LogP contribution >= 0.6 is 0 Å². The third kappa shape index (κ3) is 2.08. The monoisotopic (exact) mass is 238 g/mol. The van der Waals surface area contributed by atoms with Crippen LogP contribution in [0.1, 0.15) is 25.7 Å². The highest BCUT2D eigenvalue weighted by atomic mass is 16.5. The Hall–Kier alpha value is -0.610. The maximum absolute atomic E-state index is 11.8. The van der Waals surface area contributed by atoms with Crippen molar-refractivity contribution >= 4 is 5.91 Å². The molecule has 0 aromatic rings. The van der Waals surface area contributed by atoms with Gasteiger partial charge >= 0.3 is 0 Å². The third-order valence-corrected chi connectivity index (χ3v) is 4.72. The molecule has 17 heavy (non-hydrogen) atoms. The maximum atomic E-state index is 11.8. The van der Waals surface area contributed by atoms with Gasteiger partial charge in [0.05, 0.1) is 19.3 Å². The number of ether oxygens (including phenoxy) is 1. The van der Waals surface area contributed by atoms with E-state index < -0.39 is 0 Å². The summed E-state index contributed by atoms with van der Waals surface area (Å²) in [7, 11) is 1.99. The van der Waals surface area contributed by atoms with Crippen LogP contribution in [-0.4, -0.2) is 61.1 Å². The van der Waals surface area contributed by atoms with Gasteiger partial charge in [0, 0.05) is 32.6 Å². The predicted molar refractivity (Wildman–Crippen MR) is 64.7 cm³/mol. The number of carbonyl (C=O) groups is 1. The Labute approximate surface area is 103 Å². The Bertz CT molecular complexity index is 304. The van der Waals surface area contributed by atoms with E-state index in [-0.39, 0.29) is 0 Å². The fourth-order valence-corrected chi connectivity index (χ4v) is 3.48. The number of nitrogens with zero attached hydrogens (tertiary/aromatic N) is 2. The average Bonchev–Trinajstić information content (AvgIpc) is 2.38. The van der Waals surface area contributed by atoms with Crippen LogP contribution in [0.15, 0.2) is 0 Å². The first kappa shape index (κ1) is 11.5. The molecule has 3 fully saturated rings. The van der Waals surface area contributed by atoms with E-state index in [1.54, 1.807) is 0 Å². The molecule has 4 nitrogen and oxygen atoms in total. The molecule has 2 atom stereocenters. The first-order valence-electron chi connectivity index (χ1n) is 6.83. The topological polar surface area (TPSA) is 32.8 Å². The normalized spacial score (nSPS) is 36.3. The van der Waals surface area contributed by atoms with Crippen molar-refractivity contribution < 1.29 is 9.53 Å². The molecule has 0 N–H and O–H groups in total. The lowest BCUT2D eigenvalue weighted by Gasteiger charge is -2.46. The number of rotatable bonds is 1. The highest BCUT2D eigenvalue weighted by Crippen LogP contribution is 2.31. The van der Waals surface area contributed by atoms with Gasteiger partial charge < -0.3 is 9.64 Å². The largest absolute Gasteiger partial charge is 0.378 e. The van der Waals surface area contributed by atoms with Crippen LogP contribution in [0.5, 0.6) is 0 Å². The van der Waals surface area contributed by atoms with Gasteiger partial charge in [-0.25, -0.2) is 0 Å². The highest BCUT2D eigenvalue weighted by molar-refractivity contribution is 5.76. The van der Waals surface area contributed by atoms with Crippen molar-refractivity contribution in [2.24, 2.45) is 5.92 Å². The molecule has 0 aromatic heterocycles. The molecule has 0 radical (unpaired) electrons. The smallest absolute Gasteiger partial charge is 0.222 e. The average molecular weight is 238 g/mol. The molecule has 0 aliphatic carbocycles. The number of fused-ring (bicyclic) bond motifs is 1. The third-order valence-electron chi connectivity index (χ3n) is 4.72. The Morgan fingerprint density at radius 1 is 1.29 bits per heavy atom. The molecule has 1 amide bonds. The summed E-state index contributed by atoms with van der Waals surface area (Å²) in [6.45, 7) is 4.11. The minimum Gasteiger partial charge on any atom is -0.378 e. The summed E-state index contributed by atoms with van der Waals surface area (Å²) in [5.41, 5.74) is 0. The zero-order chi connectivity index (χ0) is 11.8. The molecule has 0 aromatic carbocycles. The van der Waals surface area contributed by atoms with Crippen LogP contribution in [0.4, 0.5) is 0 Å². The molecule has 3 aliphatic rings. The Kier molecular flexibility index (Phi) is 3.09. The van der Waals surface area contributed by atoms with E-state index in [9.17, 15) is 4.79 Å². The van der Waals surface area contributed by atoms with Crippen molar-refractivity contribution in [1.29, 1.82) is 0 Å². The van der Waals surface area contributed by atoms with E-state index in [0.29, 0.717) is 23.9 Å². The van der Waals surface area contributed by atoms with Crippen molar-refractivity contribution in [3.8, 4) is 0 Å². The Morgan fingerprint density at radius 2 is 2.12 bits per heavy atom. The van der Waals surface area contributed by atoms with E-state index in [1.807, 2.05) is 11.9 Å². The SMILES string of the molecule is CN1C(=O)CCC[C@@H]2CN(C3COC3)CC[C@H]21. The van der Waals surface area contributed by atoms with Gasteiger partial charge in [-0.15, -0.1) is 0 Å². The minimum atomic E-state index is 0.345. The lowest BCUT2D eigenvalue weighted by atomic mass is 9.87.